The Morgan fingerprint density at radius 1 is 1.82 bits per heavy atom. The van der Waals surface area contributed by atoms with Crippen molar-refractivity contribution in [1.29, 1.82) is 0 Å². The van der Waals surface area contributed by atoms with Crippen molar-refractivity contribution < 1.29 is 9.53 Å². The summed E-state index contributed by atoms with van der Waals surface area (Å²) in [6.07, 6.45) is 6.27. The van der Waals surface area contributed by atoms with Crippen LogP contribution in [0, 0.1) is 0 Å². The molecule has 0 aromatic heterocycles. The molecule has 0 spiro atoms. The number of esters is 1. The zero-order chi connectivity index (χ0) is 8.10. The van der Waals surface area contributed by atoms with E-state index in [2.05, 4.69) is 5.32 Å². The van der Waals surface area contributed by atoms with Crippen molar-refractivity contribution in [2.45, 2.75) is 13.3 Å². The Morgan fingerprint density at radius 3 is 3.18 bits per heavy atom. The molecule has 0 unspecified atom stereocenters. The maximum atomic E-state index is 11.0. The molecule has 1 aliphatic rings. The van der Waals surface area contributed by atoms with Gasteiger partial charge in [0, 0.05) is 0 Å². The van der Waals surface area contributed by atoms with E-state index >= 15 is 0 Å². The molecule has 0 bridgehead atoms. The number of ether oxygens (including phenoxy) is 1. The number of allylic oxidation sites excluding steroid dienone is 2. The molecular weight excluding hydrogens is 142 g/mol. The minimum atomic E-state index is -0.281. The summed E-state index contributed by atoms with van der Waals surface area (Å²) in [6.45, 7) is 2.21. The fraction of sp³-hybridized carbons (Fsp3) is 0.375. The first-order chi connectivity index (χ1) is 5.34. The molecule has 0 amide bonds. The minimum absolute atomic E-state index is 0.281. The summed E-state index contributed by atoms with van der Waals surface area (Å²) in [5.74, 6) is -0.281. The Hall–Kier alpha value is -1.25. The zero-order valence-corrected chi connectivity index (χ0v) is 6.46. The van der Waals surface area contributed by atoms with Gasteiger partial charge in [0.15, 0.2) is 0 Å². The van der Waals surface area contributed by atoms with Crippen LogP contribution in [0.2, 0.25) is 0 Å². The molecule has 60 valence electrons. The summed E-state index contributed by atoms with van der Waals surface area (Å²) in [6, 6.07) is 0. The van der Waals surface area contributed by atoms with E-state index < -0.39 is 0 Å². The van der Waals surface area contributed by atoms with E-state index in [1.54, 1.807) is 19.2 Å². The molecule has 0 fully saturated rings. The van der Waals surface area contributed by atoms with Crippen LogP contribution in [-0.2, 0) is 9.53 Å². The maximum Gasteiger partial charge on any atom is 0.354 e. The third kappa shape index (κ3) is 2.11. The number of carbonyl (C=O) groups excluding carboxylic acids is 1. The largest absolute Gasteiger partial charge is 0.461 e. The molecule has 0 saturated carbocycles. The SMILES string of the molecule is CCOC(=O)C1=CCC=CN1. The Bertz CT molecular complexity index is 206. The highest BCUT2D eigenvalue weighted by Crippen LogP contribution is 2.01. The smallest absolute Gasteiger partial charge is 0.354 e. The highest BCUT2D eigenvalue weighted by Gasteiger charge is 2.08. The van der Waals surface area contributed by atoms with Crippen molar-refractivity contribution in [3.63, 3.8) is 0 Å². The van der Waals surface area contributed by atoms with E-state index in [-0.39, 0.29) is 5.97 Å². The fourth-order valence-corrected chi connectivity index (χ4v) is 0.813. The van der Waals surface area contributed by atoms with E-state index in [9.17, 15) is 4.79 Å². The third-order valence-electron chi connectivity index (χ3n) is 1.31. The third-order valence-corrected chi connectivity index (χ3v) is 1.31. The van der Waals surface area contributed by atoms with Gasteiger partial charge in [-0.25, -0.2) is 4.79 Å². The number of dihydropyridines is 1. The highest BCUT2D eigenvalue weighted by atomic mass is 16.5. The molecule has 1 aliphatic heterocycles. The normalized spacial score (nSPS) is 15.2. The fourth-order valence-electron chi connectivity index (χ4n) is 0.813. The lowest BCUT2D eigenvalue weighted by Crippen LogP contribution is -2.19. The van der Waals surface area contributed by atoms with Crippen LogP contribution in [0.3, 0.4) is 0 Å². The summed E-state index contributed by atoms with van der Waals surface area (Å²) in [4.78, 5) is 11.0. The van der Waals surface area contributed by atoms with Crippen LogP contribution in [-0.4, -0.2) is 12.6 Å². The second-order valence-electron chi connectivity index (χ2n) is 2.12. The molecule has 0 atom stereocenters. The van der Waals surface area contributed by atoms with Crippen LogP contribution in [0.1, 0.15) is 13.3 Å². The van der Waals surface area contributed by atoms with E-state index in [1.807, 2.05) is 6.08 Å². The molecule has 0 aromatic rings. The molecule has 1 rings (SSSR count). The molecule has 0 radical (unpaired) electrons. The summed E-state index contributed by atoms with van der Waals surface area (Å²) in [5.41, 5.74) is 0.536. The summed E-state index contributed by atoms with van der Waals surface area (Å²) >= 11 is 0. The number of carbonyl (C=O) groups is 1. The molecule has 3 heteroatoms. The lowest BCUT2D eigenvalue weighted by molar-refractivity contribution is -0.138. The summed E-state index contributed by atoms with van der Waals surface area (Å²) in [5, 5.41) is 2.81. The quantitative estimate of drug-likeness (QED) is 0.600. The predicted molar refractivity (Wildman–Crippen MR) is 41.6 cm³/mol. The molecule has 1 heterocycles. The van der Waals surface area contributed by atoms with Gasteiger partial charge in [-0.2, -0.15) is 0 Å². The number of hydrogen-bond donors (Lipinski definition) is 1. The lowest BCUT2D eigenvalue weighted by atomic mass is 10.2. The average Bonchev–Trinajstić information content (AvgIpc) is 2.07. The first-order valence-corrected chi connectivity index (χ1v) is 3.63. The second kappa shape index (κ2) is 3.81. The summed E-state index contributed by atoms with van der Waals surface area (Å²) in [7, 11) is 0. The second-order valence-corrected chi connectivity index (χ2v) is 2.12. The van der Waals surface area contributed by atoms with Gasteiger partial charge in [0.2, 0.25) is 0 Å². The van der Waals surface area contributed by atoms with Crippen molar-refractivity contribution in [3.8, 4) is 0 Å². The first-order valence-electron chi connectivity index (χ1n) is 3.63. The first kappa shape index (κ1) is 7.85. The molecule has 0 aromatic carbocycles. The van der Waals surface area contributed by atoms with Crippen LogP contribution in [0.15, 0.2) is 24.0 Å². The topological polar surface area (TPSA) is 38.3 Å². The monoisotopic (exact) mass is 153 g/mol. The van der Waals surface area contributed by atoms with Gasteiger partial charge in [-0.05, 0) is 25.6 Å². The number of hydrogen-bond acceptors (Lipinski definition) is 3. The van der Waals surface area contributed by atoms with Crippen molar-refractivity contribution in [2.75, 3.05) is 6.61 Å². The predicted octanol–water partition coefficient (Wildman–Crippen LogP) is 0.940. The zero-order valence-electron chi connectivity index (χ0n) is 6.46. The van der Waals surface area contributed by atoms with Crippen LogP contribution >= 0.6 is 0 Å². The standard InChI is InChI=1S/C8H11NO2/c1-2-11-8(10)7-5-3-4-6-9-7/h4-6,9H,2-3H2,1H3. The van der Waals surface area contributed by atoms with Crippen LogP contribution in [0.5, 0.6) is 0 Å². The maximum absolute atomic E-state index is 11.0. The summed E-state index contributed by atoms with van der Waals surface area (Å²) < 4.78 is 4.78. The molecule has 3 nitrogen and oxygen atoms in total. The highest BCUT2D eigenvalue weighted by molar-refractivity contribution is 5.88. The van der Waals surface area contributed by atoms with E-state index in [4.69, 9.17) is 4.74 Å². The molecular formula is C8H11NO2. The van der Waals surface area contributed by atoms with Gasteiger partial charge < -0.3 is 10.1 Å². The van der Waals surface area contributed by atoms with Gasteiger partial charge in [-0.1, -0.05) is 6.08 Å². The van der Waals surface area contributed by atoms with Crippen molar-refractivity contribution in [2.24, 2.45) is 0 Å². The van der Waals surface area contributed by atoms with Crippen LogP contribution in [0.25, 0.3) is 0 Å². The van der Waals surface area contributed by atoms with Gasteiger partial charge in [0.1, 0.15) is 5.70 Å². The van der Waals surface area contributed by atoms with Crippen LogP contribution < -0.4 is 5.32 Å². The Morgan fingerprint density at radius 2 is 2.64 bits per heavy atom. The van der Waals surface area contributed by atoms with Gasteiger partial charge >= 0.3 is 5.97 Å². The molecule has 0 aliphatic carbocycles. The Kier molecular flexibility index (Phi) is 2.72. The van der Waals surface area contributed by atoms with E-state index in [1.165, 1.54) is 0 Å². The van der Waals surface area contributed by atoms with Crippen molar-refractivity contribution in [3.05, 3.63) is 24.0 Å². The van der Waals surface area contributed by atoms with Gasteiger partial charge in [0.05, 0.1) is 6.61 Å². The van der Waals surface area contributed by atoms with Gasteiger partial charge in [-0.3, -0.25) is 0 Å². The molecule has 0 saturated heterocycles. The Balaban J connectivity index is 2.46. The number of rotatable bonds is 2. The minimum Gasteiger partial charge on any atom is -0.461 e. The van der Waals surface area contributed by atoms with Crippen LogP contribution in [0.4, 0.5) is 0 Å². The molecule has 11 heavy (non-hydrogen) atoms. The van der Waals surface area contributed by atoms with E-state index in [0.29, 0.717) is 12.3 Å². The van der Waals surface area contributed by atoms with Crippen molar-refractivity contribution in [1.82, 2.24) is 5.32 Å². The van der Waals surface area contributed by atoms with Crippen molar-refractivity contribution >= 4 is 5.97 Å². The number of nitrogens with one attached hydrogen (secondary N) is 1. The average molecular weight is 153 g/mol. The van der Waals surface area contributed by atoms with E-state index in [0.717, 1.165) is 6.42 Å². The molecule has 1 N–H and O–H groups in total. The van der Waals surface area contributed by atoms with Gasteiger partial charge in [0.25, 0.3) is 0 Å². The lowest BCUT2D eigenvalue weighted by Gasteiger charge is -2.08. The Labute approximate surface area is 65.7 Å². The van der Waals surface area contributed by atoms with Gasteiger partial charge in [-0.15, -0.1) is 0 Å².